The largest absolute Gasteiger partial charge is 0.369 e. The van der Waals surface area contributed by atoms with Crippen LogP contribution in [0.25, 0.3) is 0 Å². The van der Waals surface area contributed by atoms with Gasteiger partial charge in [-0.05, 0) is 12.8 Å². The van der Waals surface area contributed by atoms with Crippen LogP contribution in [0, 0.1) is 5.92 Å². The molecule has 0 aromatic carbocycles. The Bertz CT molecular complexity index is 413. The van der Waals surface area contributed by atoms with E-state index in [4.69, 9.17) is 5.73 Å². The topological polar surface area (TPSA) is 110 Å². The van der Waals surface area contributed by atoms with Gasteiger partial charge in [-0.1, -0.05) is 6.92 Å². The molecule has 7 heteroatoms. The molecule has 1 atom stereocenters. The Balaban J connectivity index is 2.31. The predicted octanol–water partition coefficient (Wildman–Crippen LogP) is -1.07. The van der Waals surface area contributed by atoms with Crippen molar-refractivity contribution < 1.29 is 19.2 Å². The molecule has 0 radical (unpaired) electrons. The number of imide groups is 1. The van der Waals surface area contributed by atoms with Crippen LogP contribution in [0.2, 0.25) is 0 Å². The highest BCUT2D eigenvalue weighted by atomic mass is 16.2. The second-order valence-electron chi connectivity index (χ2n) is 4.24. The summed E-state index contributed by atoms with van der Waals surface area (Å²) in [7, 11) is 0. The Kier molecular flexibility index (Phi) is 5.23. The van der Waals surface area contributed by atoms with Crippen LogP contribution in [0.1, 0.15) is 19.8 Å². The van der Waals surface area contributed by atoms with Gasteiger partial charge in [-0.3, -0.25) is 24.1 Å². The number of hydrogen-bond donors (Lipinski definition) is 2. The zero-order chi connectivity index (χ0) is 14.4. The lowest BCUT2D eigenvalue weighted by atomic mass is 10.0. The van der Waals surface area contributed by atoms with Crippen LogP contribution >= 0.6 is 0 Å². The Hall–Kier alpha value is -2.18. The molecular weight excluding hydrogens is 250 g/mol. The molecule has 104 valence electrons. The van der Waals surface area contributed by atoms with E-state index in [0.29, 0.717) is 12.8 Å². The van der Waals surface area contributed by atoms with E-state index in [9.17, 15) is 19.2 Å². The summed E-state index contributed by atoms with van der Waals surface area (Å²) in [6.07, 6.45) is 3.29. The van der Waals surface area contributed by atoms with Crippen molar-refractivity contribution in [1.29, 1.82) is 0 Å². The van der Waals surface area contributed by atoms with Gasteiger partial charge in [0.15, 0.2) is 0 Å². The molecule has 0 aromatic rings. The van der Waals surface area contributed by atoms with Crippen molar-refractivity contribution in [3.8, 4) is 0 Å². The minimum Gasteiger partial charge on any atom is -0.369 e. The monoisotopic (exact) mass is 267 g/mol. The van der Waals surface area contributed by atoms with E-state index in [1.165, 1.54) is 0 Å². The van der Waals surface area contributed by atoms with Crippen LogP contribution in [0.3, 0.4) is 0 Å². The van der Waals surface area contributed by atoms with Gasteiger partial charge in [-0.2, -0.15) is 0 Å². The number of nitrogens with zero attached hydrogens (tertiary/aromatic N) is 1. The molecule has 0 spiro atoms. The summed E-state index contributed by atoms with van der Waals surface area (Å²) in [5.74, 6) is -2.11. The number of carbonyl (C=O) groups is 4. The van der Waals surface area contributed by atoms with Gasteiger partial charge in [0.2, 0.25) is 11.8 Å². The fourth-order valence-electron chi connectivity index (χ4n) is 1.72. The molecule has 19 heavy (non-hydrogen) atoms. The molecule has 0 aromatic heterocycles. The van der Waals surface area contributed by atoms with Gasteiger partial charge in [0.25, 0.3) is 11.8 Å². The summed E-state index contributed by atoms with van der Waals surface area (Å²) in [5.41, 5.74) is 5.18. The minimum atomic E-state index is -0.497. The van der Waals surface area contributed by atoms with E-state index in [-0.39, 0.29) is 19.0 Å². The molecule has 1 heterocycles. The molecule has 0 bridgehead atoms. The number of rotatable bonds is 7. The van der Waals surface area contributed by atoms with Gasteiger partial charge in [0.05, 0.1) is 0 Å². The molecule has 0 fully saturated rings. The molecule has 1 aliphatic rings. The van der Waals surface area contributed by atoms with Gasteiger partial charge in [0, 0.05) is 24.6 Å². The normalized spacial score (nSPS) is 15.7. The molecule has 1 aliphatic heterocycles. The van der Waals surface area contributed by atoms with E-state index in [2.05, 4.69) is 5.32 Å². The lowest BCUT2D eigenvalue weighted by Crippen LogP contribution is -2.41. The quantitative estimate of drug-likeness (QED) is 0.572. The van der Waals surface area contributed by atoms with E-state index < -0.39 is 23.6 Å². The van der Waals surface area contributed by atoms with Gasteiger partial charge in [-0.25, -0.2) is 0 Å². The maximum Gasteiger partial charge on any atom is 0.254 e. The Morgan fingerprint density at radius 2 is 1.89 bits per heavy atom. The number of nitrogens with two attached hydrogens (primary N) is 1. The van der Waals surface area contributed by atoms with Crippen LogP contribution in [-0.4, -0.2) is 41.6 Å². The van der Waals surface area contributed by atoms with Crippen molar-refractivity contribution in [2.45, 2.75) is 19.8 Å². The Morgan fingerprint density at radius 3 is 2.37 bits per heavy atom. The van der Waals surface area contributed by atoms with Gasteiger partial charge in [-0.15, -0.1) is 0 Å². The molecule has 7 nitrogen and oxygen atoms in total. The highest BCUT2D eigenvalue weighted by Gasteiger charge is 2.25. The standard InChI is InChI=1S/C12H17N3O4/c1-2-8(12(13)19)5-6-14-9(16)7-15-10(17)3-4-11(15)18/h3-4,8H,2,5-7H2,1H3,(H2,13,19)(H,14,16). The highest BCUT2D eigenvalue weighted by molar-refractivity contribution is 6.14. The van der Waals surface area contributed by atoms with Crippen LogP contribution in [-0.2, 0) is 19.2 Å². The maximum atomic E-state index is 11.5. The second kappa shape index (κ2) is 6.67. The fraction of sp³-hybridized carbons (Fsp3) is 0.500. The average Bonchev–Trinajstić information content (AvgIpc) is 2.66. The minimum absolute atomic E-state index is 0.281. The number of hydrogen-bond acceptors (Lipinski definition) is 4. The van der Waals surface area contributed by atoms with Crippen molar-refractivity contribution in [1.82, 2.24) is 10.2 Å². The molecular formula is C12H17N3O4. The Labute approximate surface area is 110 Å². The lowest BCUT2D eigenvalue weighted by Gasteiger charge is -2.14. The van der Waals surface area contributed by atoms with E-state index >= 15 is 0 Å². The van der Waals surface area contributed by atoms with Crippen LogP contribution < -0.4 is 11.1 Å². The van der Waals surface area contributed by atoms with E-state index in [0.717, 1.165) is 17.1 Å². The second-order valence-corrected chi connectivity index (χ2v) is 4.24. The van der Waals surface area contributed by atoms with Crippen LogP contribution in [0.4, 0.5) is 0 Å². The van der Waals surface area contributed by atoms with Crippen molar-refractivity contribution in [3.05, 3.63) is 12.2 Å². The average molecular weight is 267 g/mol. The summed E-state index contributed by atoms with van der Waals surface area (Å²) in [4.78, 5) is 45.8. The number of primary amides is 1. The van der Waals surface area contributed by atoms with Crippen molar-refractivity contribution >= 4 is 23.6 Å². The van der Waals surface area contributed by atoms with Crippen molar-refractivity contribution in [2.24, 2.45) is 11.7 Å². The fourth-order valence-corrected chi connectivity index (χ4v) is 1.72. The molecule has 0 saturated carbocycles. The predicted molar refractivity (Wildman–Crippen MR) is 66.5 cm³/mol. The first kappa shape index (κ1) is 14.9. The smallest absolute Gasteiger partial charge is 0.254 e. The third kappa shape index (κ3) is 4.20. The maximum absolute atomic E-state index is 11.5. The third-order valence-electron chi connectivity index (χ3n) is 2.91. The van der Waals surface area contributed by atoms with Gasteiger partial charge < -0.3 is 11.1 Å². The third-order valence-corrected chi connectivity index (χ3v) is 2.91. The first-order valence-electron chi connectivity index (χ1n) is 6.05. The zero-order valence-electron chi connectivity index (χ0n) is 10.7. The van der Waals surface area contributed by atoms with E-state index in [1.54, 1.807) is 0 Å². The molecule has 1 rings (SSSR count). The molecule has 0 aliphatic carbocycles. The highest BCUT2D eigenvalue weighted by Crippen LogP contribution is 2.06. The number of amides is 4. The molecule has 0 saturated heterocycles. The summed E-state index contributed by atoms with van der Waals surface area (Å²) in [6.45, 7) is 1.81. The summed E-state index contributed by atoms with van der Waals surface area (Å²) in [5, 5.41) is 2.55. The van der Waals surface area contributed by atoms with Crippen LogP contribution in [0.15, 0.2) is 12.2 Å². The molecule has 1 unspecified atom stereocenters. The lowest BCUT2D eigenvalue weighted by molar-refractivity contribution is -0.141. The van der Waals surface area contributed by atoms with Gasteiger partial charge in [0.1, 0.15) is 6.54 Å². The van der Waals surface area contributed by atoms with Gasteiger partial charge >= 0.3 is 0 Å². The summed E-state index contributed by atoms with van der Waals surface area (Å²) in [6, 6.07) is 0. The summed E-state index contributed by atoms with van der Waals surface area (Å²) < 4.78 is 0. The van der Waals surface area contributed by atoms with Crippen molar-refractivity contribution in [2.75, 3.05) is 13.1 Å². The number of carbonyl (C=O) groups excluding carboxylic acids is 4. The van der Waals surface area contributed by atoms with E-state index in [1.807, 2.05) is 6.92 Å². The Morgan fingerprint density at radius 1 is 1.32 bits per heavy atom. The summed E-state index contributed by atoms with van der Waals surface area (Å²) >= 11 is 0. The zero-order valence-corrected chi connectivity index (χ0v) is 10.7. The molecule has 4 amide bonds. The SMILES string of the molecule is CCC(CCNC(=O)CN1C(=O)C=CC1=O)C(N)=O. The first-order chi connectivity index (χ1) is 8.95. The first-order valence-corrected chi connectivity index (χ1v) is 6.05. The number of nitrogens with one attached hydrogen (secondary N) is 1. The van der Waals surface area contributed by atoms with Crippen molar-refractivity contribution in [3.63, 3.8) is 0 Å². The van der Waals surface area contributed by atoms with Crippen LogP contribution in [0.5, 0.6) is 0 Å². The molecule has 3 N–H and O–H groups in total.